The molecule has 1 saturated heterocycles. The molecule has 0 spiro atoms. The van der Waals surface area contributed by atoms with Gasteiger partial charge in [0, 0.05) is 0 Å². The van der Waals surface area contributed by atoms with Gasteiger partial charge in [-0.25, -0.2) is 0 Å². The lowest BCUT2D eigenvalue weighted by Gasteiger charge is -2.29. The Morgan fingerprint density at radius 2 is 2.29 bits per heavy atom. The highest BCUT2D eigenvalue weighted by Crippen LogP contribution is 2.23. The van der Waals surface area contributed by atoms with Gasteiger partial charge in [0.05, 0.1) is 7.11 Å². The van der Waals surface area contributed by atoms with Crippen LogP contribution in [0.5, 0.6) is 0 Å². The number of nitrogens with one attached hydrogen (secondary N) is 1. The Labute approximate surface area is 86.2 Å². The summed E-state index contributed by atoms with van der Waals surface area (Å²) in [5.41, 5.74) is 0. The van der Waals surface area contributed by atoms with E-state index in [1.165, 1.54) is 20.0 Å². The molecule has 0 amide bonds. The van der Waals surface area contributed by atoms with E-state index in [-0.39, 0.29) is 12.0 Å². The van der Waals surface area contributed by atoms with Crippen molar-refractivity contribution in [1.82, 2.24) is 5.32 Å². The van der Waals surface area contributed by atoms with Gasteiger partial charge in [0.2, 0.25) is 0 Å². The quantitative estimate of drug-likeness (QED) is 0.701. The summed E-state index contributed by atoms with van der Waals surface area (Å²) in [4.78, 5) is 11.3. The van der Waals surface area contributed by atoms with Crippen molar-refractivity contribution in [2.45, 2.75) is 39.2 Å². The summed E-state index contributed by atoms with van der Waals surface area (Å²) in [6, 6.07) is -0.0718. The third-order valence-corrected chi connectivity index (χ3v) is 2.80. The molecule has 0 aliphatic carbocycles. The molecule has 0 bridgehead atoms. The number of hydrogen-bond acceptors (Lipinski definition) is 3. The van der Waals surface area contributed by atoms with E-state index >= 15 is 0 Å². The summed E-state index contributed by atoms with van der Waals surface area (Å²) >= 11 is 0. The topological polar surface area (TPSA) is 38.3 Å². The number of methoxy groups -OCH3 is 1. The van der Waals surface area contributed by atoms with Crippen molar-refractivity contribution in [2.75, 3.05) is 13.7 Å². The molecule has 1 N–H and O–H groups in total. The van der Waals surface area contributed by atoms with Crippen LogP contribution in [0.15, 0.2) is 0 Å². The molecule has 0 aromatic heterocycles. The minimum Gasteiger partial charge on any atom is -0.468 e. The molecule has 14 heavy (non-hydrogen) atoms. The Bertz CT molecular complexity index is 192. The second-order valence-electron chi connectivity index (χ2n) is 4.55. The van der Waals surface area contributed by atoms with Crippen molar-refractivity contribution in [3.05, 3.63) is 0 Å². The van der Waals surface area contributed by atoms with Crippen LogP contribution < -0.4 is 5.32 Å². The zero-order valence-electron chi connectivity index (χ0n) is 9.38. The second kappa shape index (κ2) is 5.35. The van der Waals surface area contributed by atoms with E-state index in [2.05, 4.69) is 19.2 Å². The van der Waals surface area contributed by atoms with Crippen LogP contribution in [-0.4, -0.2) is 25.7 Å². The molecule has 1 aliphatic rings. The zero-order valence-corrected chi connectivity index (χ0v) is 9.38. The Balaban J connectivity index is 2.39. The summed E-state index contributed by atoms with van der Waals surface area (Å²) in [6.07, 6.45) is 3.34. The van der Waals surface area contributed by atoms with Crippen LogP contribution >= 0.6 is 0 Å². The first-order valence-electron chi connectivity index (χ1n) is 5.44. The van der Waals surface area contributed by atoms with E-state index in [1.54, 1.807) is 0 Å². The Morgan fingerprint density at radius 1 is 1.57 bits per heavy atom. The number of rotatable bonds is 3. The van der Waals surface area contributed by atoms with Gasteiger partial charge < -0.3 is 10.1 Å². The highest BCUT2D eigenvalue weighted by molar-refractivity contribution is 5.75. The van der Waals surface area contributed by atoms with Crippen molar-refractivity contribution in [3.8, 4) is 0 Å². The number of piperidine rings is 1. The second-order valence-corrected chi connectivity index (χ2v) is 4.55. The van der Waals surface area contributed by atoms with Crippen molar-refractivity contribution < 1.29 is 9.53 Å². The lowest BCUT2D eigenvalue weighted by atomic mass is 9.86. The molecule has 0 aromatic carbocycles. The standard InChI is InChI=1S/C11H21NO2/c1-8(2)6-9-4-5-12-10(7-9)11(13)14-3/h8-10,12H,4-7H2,1-3H3/t9-,10+/m1/s1. The number of hydrogen-bond donors (Lipinski definition) is 1. The predicted molar refractivity (Wildman–Crippen MR) is 56.0 cm³/mol. The van der Waals surface area contributed by atoms with Crippen LogP contribution in [0.2, 0.25) is 0 Å². The van der Waals surface area contributed by atoms with E-state index in [9.17, 15) is 4.79 Å². The van der Waals surface area contributed by atoms with Crippen molar-refractivity contribution in [2.24, 2.45) is 11.8 Å². The maximum Gasteiger partial charge on any atom is 0.322 e. The molecule has 1 aliphatic heterocycles. The van der Waals surface area contributed by atoms with E-state index in [4.69, 9.17) is 4.74 Å². The van der Waals surface area contributed by atoms with Gasteiger partial charge in [-0.15, -0.1) is 0 Å². The summed E-state index contributed by atoms with van der Waals surface area (Å²) in [7, 11) is 1.45. The molecule has 3 nitrogen and oxygen atoms in total. The average Bonchev–Trinajstić information content (AvgIpc) is 2.16. The summed E-state index contributed by atoms with van der Waals surface area (Å²) in [5.74, 6) is 1.29. The van der Waals surface area contributed by atoms with Crippen molar-refractivity contribution in [3.63, 3.8) is 0 Å². The molecule has 1 rings (SSSR count). The van der Waals surface area contributed by atoms with Crippen LogP contribution in [0.3, 0.4) is 0 Å². The van der Waals surface area contributed by atoms with E-state index in [0.29, 0.717) is 5.92 Å². The monoisotopic (exact) mass is 199 g/mol. The normalized spacial score (nSPS) is 27.7. The van der Waals surface area contributed by atoms with Gasteiger partial charge in [-0.1, -0.05) is 13.8 Å². The third-order valence-electron chi connectivity index (χ3n) is 2.80. The fourth-order valence-corrected chi connectivity index (χ4v) is 2.20. The highest BCUT2D eigenvalue weighted by Gasteiger charge is 2.27. The van der Waals surface area contributed by atoms with Gasteiger partial charge in [-0.05, 0) is 37.6 Å². The Morgan fingerprint density at radius 3 is 2.86 bits per heavy atom. The third kappa shape index (κ3) is 3.29. The largest absolute Gasteiger partial charge is 0.468 e. The van der Waals surface area contributed by atoms with E-state index in [0.717, 1.165) is 18.9 Å². The van der Waals surface area contributed by atoms with Crippen LogP contribution in [0.4, 0.5) is 0 Å². The van der Waals surface area contributed by atoms with E-state index < -0.39 is 0 Å². The van der Waals surface area contributed by atoms with Gasteiger partial charge >= 0.3 is 5.97 Å². The van der Waals surface area contributed by atoms with Gasteiger partial charge in [0.1, 0.15) is 6.04 Å². The number of ether oxygens (including phenoxy) is 1. The molecule has 3 heteroatoms. The first-order chi connectivity index (χ1) is 6.63. The first kappa shape index (κ1) is 11.5. The molecular formula is C11H21NO2. The fourth-order valence-electron chi connectivity index (χ4n) is 2.20. The van der Waals surface area contributed by atoms with Gasteiger partial charge in [0.25, 0.3) is 0 Å². The Hall–Kier alpha value is -0.570. The predicted octanol–water partition coefficient (Wildman–Crippen LogP) is 1.57. The summed E-state index contributed by atoms with van der Waals surface area (Å²) in [6.45, 7) is 5.40. The molecule has 1 fully saturated rings. The lowest BCUT2D eigenvalue weighted by Crippen LogP contribution is -2.44. The molecule has 0 aromatic rings. The highest BCUT2D eigenvalue weighted by atomic mass is 16.5. The first-order valence-corrected chi connectivity index (χ1v) is 5.44. The van der Waals surface area contributed by atoms with Crippen molar-refractivity contribution >= 4 is 5.97 Å². The molecule has 0 saturated carbocycles. The zero-order chi connectivity index (χ0) is 10.6. The van der Waals surface area contributed by atoms with Crippen LogP contribution in [0.1, 0.15) is 33.1 Å². The minimum absolute atomic E-state index is 0.0718. The average molecular weight is 199 g/mol. The van der Waals surface area contributed by atoms with Crippen molar-refractivity contribution in [1.29, 1.82) is 0 Å². The summed E-state index contributed by atoms with van der Waals surface area (Å²) < 4.78 is 4.74. The molecule has 1 heterocycles. The minimum atomic E-state index is -0.113. The molecule has 82 valence electrons. The van der Waals surface area contributed by atoms with Gasteiger partial charge in [0.15, 0.2) is 0 Å². The lowest BCUT2D eigenvalue weighted by molar-refractivity contribution is -0.144. The molecule has 2 atom stereocenters. The number of carbonyl (C=O) groups excluding carboxylic acids is 1. The van der Waals surface area contributed by atoms with Gasteiger partial charge in [-0.2, -0.15) is 0 Å². The summed E-state index contributed by atoms with van der Waals surface area (Å²) in [5, 5.41) is 3.20. The SMILES string of the molecule is COC(=O)[C@@H]1C[C@@H](CC(C)C)CCN1. The van der Waals surface area contributed by atoms with Crippen LogP contribution in [-0.2, 0) is 9.53 Å². The number of esters is 1. The molecular weight excluding hydrogens is 178 g/mol. The van der Waals surface area contributed by atoms with Crippen LogP contribution in [0, 0.1) is 11.8 Å². The van der Waals surface area contributed by atoms with E-state index in [1.807, 2.05) is 0 Å². The van der Waals surface area contributed by atoms with Crippen LogP contribution in [0.25, 0.3) is 0 Å². The molecule has 0 unspecified atom stereocenters. The molecule has 0 radical (unpaired) electrons. The van der Waals surface area contributed by atoms with Gasteiger partial charge in [-0.3, -0.25) is 4.79 Å². The Kier molecular flexibility index (Phi) is 4.39. The fraction of sp³-hybridized carbons (Fsp3) is 0.909. The maximum atomic E-state index is 11.3. The number of carbonyl (C=O) groups is 1. The maximum absolute atomic E-state index is 11.3. The smallest absolute Gasteiger partial charge is 0.322 e.